The van der Waals surface area contributed by atoms with Crippen LogP contribution < -0.4 is 5.32 Å². The minimum Gasteiger partial charge on any atom is -0.307 e. The number of benzene rings is 1. The first-order valence-electron chi connectivity index (χ1n) is 7.59. The van der Waals surface area contributed by atoms with Crippen LogP contribution in [0.3, 0.4) is 0 Å². The summed E-state index contributed by atoms with van der Waals surface area (Å²) in [6.45, 7) is 3.07. The van der Waals surface area contributed by atoms with E-state index in [4.69, 9.17) is 23.2 Å². The number of halogens is 2. The van der Waals surface area contributed by atoms with Crippen LogP contribution in [0.5, 0.6) is 0 Å². The molecule has 1 aliphatic carbocycles. The van der Waals surface area contributed by atoms with E-state index >= 15 is 0 Å². The Labute approximate surface area is 132 Å². The highest BCUT2D eigenvalue weighted by atomic mass is 35.5. The first-order chi connectivity index (χ1) is 9.72. The van der Waals surface area contributed by atoms with E-state index in [0.717, 1.165) is 23.6 Å². The Morgan fingerprint density at radius 1 is 1.15 bits per heavy atom. The lowest BCUT2D eigenvalue weighted by atomic mass is 9.91. The second-order valence-corrected chi connectivity index (χ2v) is 6.23. The molecular formula is C17H23Cl2N. The SMILES string of the molecule is CCNC(/C1=C/CCCCCC1)c1ccc(Cl)cc1Cl. The summed E-state index contributed by atoms with van der Waals surface area (Å²) in [4.78, 5) is 0. The van der Waals surface area contributed by atoms with E-state index < -0.39 is 0 Å². The van der Waals surface area contributed by atoms with E-state index in [1.54, 1.807) is 0 Å². The molecule has 2 rings (SSSR count). The number of rotatable bonds is 4. The Kier molecular flexibility index (Phi) is 6.41. The van der Waals surface area contributed by atoms with Crippen LogP contribution in [0.2, 0.25) is 10.0 Å². The Hall–Kier alpha value is -0.500. The van der Waals surface area contributed by atoms with Crippen LogP contribution in [-0.2, 0) is 0 Å². The summed E-state index contributed by atoms with van der Waals surface area (Å²) in [5.41, 5.74) is 2.63. The van der Waals surface area contributed by atoms with Gasteiger partial charge in [-0.15, -0.1) is 0 Å². The van der Waals surface area contributed by atoms with Crippen LogP contribution in [0.1, 0.15) is 57.1 Å². The molecule has 110 valence electrons. The van der Waals surface area contributed by atoms with Crippen LogP contribution in [0.25, 0.3) is 0 Å². The van der Waals surface area contributed by atoms with Crippen molar-refractivity contribution < 1.29 is 0 Å². The van der Waals surface area contributed by atoms with Gasteiger partial charge in [0.2, 0.25) is 0 Å². The van der Waals surface area contributed by atoms with Gasteiger partial charge >= 0.3 is 0 Å². The lowest BCUT2D eigenvalue weighted by Gasteiger charge is -2.24. The summed E-state index contributed by atoms with van der Waals surface area (Å²) in [5, 5.41) is 5.03. The Bertz CT molecular complexity index is 468. The second kappa shape index (κ2) is 8.07. The van der Waals surface area contributed by atoms with Crippen molar-refractivity contribution >= 4 is 23.2 Å². The minimum absolute atomic E-state index is 0.225. The molecule has 0 saturated heterocycles. The van der Waals surface area contributed by atoms with Gasteiger partial charge in [-0.1, -0.05) is 60.7 Å². The third-order valence-corrected chi connectivity index (χ3v) is 4.44. The topological polar surface area (TPSA) is 12.0 Å². The zero-order chi connectivity index (χ0) is 14.4. The van der Waals surface area contributed by atoms with Gasteiger partial charge in [0, 0.05) is 10.0 Å². The van der Waals surface area contributed by atoms with Crippen molar-refractivity contribution in [3.05, 3.63) is 45.5 Å². The van der Waals surface area contributed by atoms with Gasteiger partial charge in [0.05, 0.1) is 6.04 Å². The predicted octanol–water partition coefficient (Wildman–Crippen LogP) is 5.92. The molecule has 0 bridgehead atoms. The zero-order valence-corrected chi connectivity index (χ0v) is 13.6. The molecule has 0 radical (unpaired) electrons. The van der Waals surface area contributed by atoms with Crippen LogP contribution in [0.4, 0.5) is 0 Å². The number of allylic oxidation sites excluding steroid dienone is 1. The van der Waals surface area contributed by atoms with Gasteiger partial charge in [-0.05, 0) is 49.9 Å². The third-order valence-electron chi connectivity index (χ3n) is 3.88. The Balaban J connectivity index is 2.29. The van der Waals surface area contributed by atoms with Gasteiger partial charge in [0.25, 0.3) is 0 Å². The molecule has 0 spiro atoms. The third kappa shape index (κ3) is 4.25. The van der Waals surface area contributed by atoms with Crippen LogP contribution in [0, 0.1) is 0 Å². The number of hydrogen-bond donors (Lipinski definition) is 1. The van der Waals surface area contributed by atoms with E-state index in [1.807, 2.05) is 12.1 Å². The van der Waals surface area contributed by atoms with E-state index in [2.05, 4.69) is 24.4 Å². The molecule has 0 amide bonds. The highest BCUT2D eigenvalue weighted by Crippen LogP contribution is 2.33. The van der Waals surface area contributed by atoms with Crippen molar-refractivity contribution in [1.29, 1.82) is 0 Å². The molecule has 1 atom stereocenters. The lowest BCUT2D eigenvalue weighted by Crippen LogP contribution is -2.23. The molecule has 1 aromatic rings. The first kappa shape index (κ1) is 15.9. The summed E-state index contributed by atoms with van der Waals surface area (Å²) >= 11 is 12.4. The van der Waals surface area contributed by atoms with Crippen molar-refractivity contribution in [2.75, 3.05) is 6.54 Å². The molecule has 0 saturated carbocycles. The molecule has 1 nitrogen and oxygen atoms in total. The highest BCUT2D eigenvalue weighted by Gasteiger charge is 2.19. The average Bonchev–Trinajstić information content (AvgIpc) is 2.37. The van der Waals surface area contributed by atoms with Gasteiger partial charge in [-0.25, -0.2) is 0 Å². The number of nitrogens with one attached hydrogen (secondary N) is 1. The van der Waals surface area contributed by atoms with Gasteiger partial charge in [0.1, 0.15) is 0 Å². The standard InChI is InChI=1S/C17H23Cl2N/c1-2-20-17(13-8-6-4-3-5-7-9-13)15-11-10-14(18)12-16(15)19/h8,10-12,17,20H,2-7,9H2,1H3/b13-8+. The first-order valence-corrected chi connectivity index (χ1v) is 8.35. The minimum atomic E-state index is 0.225. The fourth-order valence-electron chi connectivity index (χ4n) is 2.86. The molecule has 0 fully saturated rings. The molecule has 20 heavy (non-hydrogen) atoms. The van der Waals surface area contributed by atoms with Crippen LogP contribution in [0.15, 0.2) is 29.8 Å². The van der Waals surface area contributed by atoms with Crippen LogP contribution >= 0.6 is 23.2 Å². The molecule has 1 aromatic carbocycles. The molecule has 1 N–H and O–H groups in total. The zero-order valence-electron chi connectivity index (χ0n) is 12.1. The van der Waals surface area contributed by atoms with Crippen molar-refractivity contribution in [3.8, 4) is 0 Å². The molecule has 0 heterocycles. The number of likely N-dealkylation sites (N-methyl/N-ethyl adjacent to an activating group) is 1. The van der Waals surface area contributed by atoms with Gasteiger partial charge in [-0.3, -0.25) is 0 Å². The number of hydrogen-bond acceptors (Lipinski definition) is 1. The summed E-state index contributed by atoms with van der Waals surface area (Å²) in [5.74, 6) is 0. The van der Waals surface area contributed by atoms with Gasteiger partial charge in [-0.2, -0.15) is 0 Å². The smallest absolute Gasteiger partial charge is 0.0550 e. The Morgan fingerprint density at radius 2 is 1.95 bits per heavy atom. The highest BCUT2D eigenvalue weighted by molar-refractivity contribution is 6.35. The van der Waals surface area contributed by atoms with Crippen molar-refractivity contribution in [1.82, 2.24) is 5.32 Å². The van der Waals surface area contributed by atoms with Crippen molar-refractivity contribution in [2.24, 2.45) is 0 Å². The monoisotopic (exact) mass is 311 g/mol. The van der Waals surface area contributed by atoms with Crippen LogP contribution in [-0.4, -0.2) is 6.54 Å². The summed E-state index contributed by atoms with van der Waals surface area (Å²) in [7, 11) is 0. The molecule has 1 aliphatic rings. The van der Waals surface area contributed by atoms with Gasteiger partial charge in [0.15, 0.2) is 0 Å². The normalized spacial score (nSPS) is 20.6. The largest absolute Gasteiger partial charge is 0.307 e. The second-order valence-electron chi connectivity index (χ2n) is 5.39. The van der Waals surface area contributed by atoms with E-state index in [1.165, 1.54) is 37.7 Å². The quantitative estimate of drug-likeness (QED) is 0.680. The van der Waals surface area contributed by atoms with E-state index in [0.29, 0.717) is 5.02 Å². The summed E-state index contributed by atoms with van der Waals surface area (Å²) < 4.78 is 0. The maximum absolute atomic E-state index is 6.40. The fraction of sp³-hybridized carbons (Fsp3) is 0.529. The van der Waals surface area contributed by atoms with Crippen molar-refractivity contribution in [2.45, 2.75) is 51.5 Å². The fourth-order valence-corrected chi connectivity index (χ4v) is 3.38. The average molecular weight is 312 g/mol. The summed E-state index contributed by atoms with van der Waals surface area (Å²) in [6, 6.07) is 6.04. The van der Waals surface area contributed by atoms with E-state index in [-0.39, 0.29) is 6.04 Å². The molecular weight excluding hydrogens is 289 g/mol. The molecule has 1 unspecified atom stereocenters. The van der Waals surface area contributed by atoms with Gasteiger partial charge < -0.3 is 5.32 Å². The molecule has 0 aliphatic heterocycles. The van der Waals surface area contributed by atoms with E-state index in [9.17, 15) is 0 Å². The maximum Gasteiger partial charge on any atom is 0.0550 e. The Morgan fingerprint density at radius 3 is 2.70 bits per heavy atom. The van der Waals surface area contributed by atoms with Crippen molar-refractivity contribution in [3.63, 3.8) is 0 Å². The maximum atomic E-state index is 6.40. The lowest BCUT2D eigenvalue weighted by molar-refractivity contribution is 0.554. The molecule has 0 aromatic heterocycles. The predicted molar refractivity (Wildman–Crippen MR) is 88.7 cm³/mol. The summed E-state index contributed by atoms with van der Waals surface area (Å²) in [6.07, 6.45) is 10.0. The molecule has 3 heteroatoms.